The van der Waals surface area contributed by atoms with Gasteiger partial charge in [-0.05, 0) is 43.0 Å². The Bertz CT molecular complexity index is 958. The first-order chi connectivity index (χ1) is 15.5. The topological polar surface area (TPSA) is 102 Å². The summed E-state index contributed by atoms with van der Waals surface area (Å²) in [5.74, 6) is -0.639. The second kappa shape index (κ2) is 8.63. The number of piperazine rings is 1. The first kappa shape index (κ1) is 21.1. The zero-order valence-corrected chi connectivity index (χ0v) is 18.1. The maximum Gasteiger partial charge on any atom is 0.255 e. The number of hydrogen-bond donors (Lipinski definition) is 2. The maximum absolute atomic E-state index is 13.1. The van der Waals surface area contributed by atoms with E-state index in [4.69, 9.17) is 0 Å². The van der Waals surface area contributed by atoms with Crippen LogP contribution in [0.4, 0.5) is 0 Å². The molecule has 0 aliphatic carbocycles. The van der Waals surface area contributed by atoms with Crippen molar-refractivity contribution in [2.75, 3.05) is 32.7 Å². The predicted octanol–water partition coefficient (Wildman–Crippen LogP) is -0.156. The molecule has 9 nitrogen and oxygen atoms in total. The van der Waals surface area contributed by atoms with E-state index >= 15 is 0 Å². The minimum Gasteiger partial charge on any atom is -0.339 e. The van der Waals surface area contributed by atoms with Crippen LogP contribution in [-0.4, -0.2) is 83.1 Å². The number of fused-ring (bicyclic) bond motifs is 1. The van der Waals surface area contributed by atoms with Crippen LogP contribution in [0, 0.1) is 0 Å². The van der Waals surface area contributed by atoms with E-state index in [1.54, 1.807) is 11.0 Å². The summed E-state index contributed by atoms with van der Waals surface area (Å²) in [6.45, 7) is 5.00. The summed E-state index contributed by atoms with van der Waals surface area (Å²) in [6.07, 6.45) is 2.44. The summed E-state index contributed by atoms with van der Waals surface area (Å²) in [6, 6.07) is 4.97. The number of carbonyl (C=O) groups is 4. The summed E-state index contributed by atoms with van der Waals surface area (Å²) in [5.41, 5.74) is 2.59. The number of amides is 4. The van der Waals surface area contributed by atoms with Gasteiger partial charge in [0.05, 0.1) is 6.04 Å². The van der Waals surface area contributed by atoms with Crippen molar-refractivity contribution < 1.29 is 19.2 Å². The zero-order valence-electron chi connectivity index (χ0n) is 18.1. The molecule has 2 N–H and O–H groups in total. The maximum atomic E-state index is 13.1. The number of imide groups is 1. The normalized spacial score (nSPS) is 26.4. The van der Waals surface area contributed by atoms with Gasteiger partial charge in [0, 0.05) is 51.3 Å². The number of piperidine rings is 1. The molecular formula is C23H29N5O4. The van der Waals surface area contributed by atoms with Crippen molar-refractivity contribution >= 4 is 23.6 Å². The van der Waals surface area contributed by atoms with E-state index in [1.165, 1.54) is 0 Å². The second-order valence-corrected chi connectivity index (χ2v) is 9.05. The number of rotatable bonds is 4. The lowest BCUT2D eigenvalue weighted by molar-refractivity contribution is -0.138. The molecule has 4 aliphatic heterocycles. The van der Waals surface area contributed by atoms with E-state index in [2.05, 4.69) is 15.5 Å². The van der Waals surface area contributed by atoms with Crippen molar-refractivity contribution in [1.82, 2.24) is 25.3 Å². The molecule has 0 radical (unpaired) electrons. The molecule has 4 amide bonds. The third-order valence-corrected chi connectivity index (χ3v) is 7.13. The number of likely N-dealkylation sites (tertiary alicyclic amines) is 1. The van der Waals surface area contributed by atoms with Crippen molar-refractivity contribution in [3.63, 3.8) is 0 Å². The quantitative estimate of drug-likeness (QED) is 0.633. The Morgan fingerprint density at radius 1 is 1.06 bits per heavy atom. The largest absolute Gasteiger partial charge is 0.339 e. The Balaban J connectivity index is 1.33. The highest BCUT2D eigenvalue weighted by Crippen LogP contribution is 2.32. The van der Waals surface area contributed by atoms with Gasteiger partial charge in [0.15, 0.2) is 0 Å². The van der Waals surface area contributed by atoms with Gasteiger partial charge in [0.1, 0.15) is 6.04 Å². The highest BCUT2D eigenvalue weighted by Gasteiger charge is 2.40. The Morgan fingerprint density at radius 3 is 2.66 bits per heavy atom. The monoisotopic (exact) mass is 439 g/mol. The van der Waals surface area contributed by atoms with Crippen LogP contribution in [-0.2, 0) is 27.5 Å². The second-order valence-electron chi connectivity index (χ2n) is 9.05. The molecule has 1 aromatic carbocycles. The first-order valence-electron chi connectivity index (χ1n) is 11.5. The molecule has 0 bridgehead atoms. The highest BCUT2D eigenvalue weighted by atomic mass is 16.2. The summed E-state index contributed by atoms with van der Waals surface area (Å²) >= 11 is 0. The molecule has 0 spiro atoms. The fourth-order valence-corrected chi connectivity index (χ4v) is 5.41. The average Bonchev–Trinajstić information content (AvgIpc) is 3.39. The van der Waals surface area contributed by atoms with Gasteiger partial charge in [-0.2, -0.15) is 0 Å². The molecule has 0 saturated carbocycles. The number of hydrogen-bond acceptors (Lipinski definition) is 6. The Labute approximate surface area is 187 Å². The van der Waals surface area contributed by atoms with E-state index in [1.807, 2.05) is 17.0 Å². The van der Waals surface area contributed by atoms with Crippen LogP contribution in [0.15, 0.2) is 18.2 Å². The zero-order chi connectivity index (χ0) is 22.2. The molecular weight excluding hydrogens is 410 g/mol. The lowest BCUT2D eigenvalue weighted by atomic mass is 10.0. The van der Waals surface area contributed by atoms with Crippen LogP contribution in [0.5, 0.6) is 0 Å². The summed E-state index contributed by atoms with van der Waals surface area (Å²) in [5, 5.41) is 5.64. The van der Waals surface area contributed by atoms with Gasteiger partial charge in [-0.3, -0.25) is 29.4 Å². The fraction of sp³-hybridized carbons (Fsp3) is 0.565. The van der Waals surface area contributed by atoms with E-state index in [-0.39, 0.29) is 30.2 Å². The summed E-state index contributed by atoms with van der Waals surface area (Å²) < 4.78 is 0. The van der Waals surface area contributed by atoms with Crippen molar-refractivity contribution in [2.45, 2.75) is 50.9 Å². The first-order valence-corrected chi connectivity index (χ1v) is 11.5. The number of carbonyl (C=O) groups excluding carboxylic acids is 4. The van der Waals surface area contributed by atoms with Crippen LogP contribution in [0.3, 0.4) is 0 Å². The van der Waals surface area contributed by atoms with E-state index in [0.717, 1.165) is 56.7 Å². The fourth-order valence-electron chi connectivity index (χ4n) is 5.41. The van der Waals surface area contributed by atoms with Gasteiger partial charge in [-0.1, -0.05) is 12.1 Å². The van der Waals surface area contributed by atoms with E-state index in [9.17, 15) is 19.2 Å². The van der Waals surface area contributed by atoms with Gasteiger partial charge in [0.25, 0.3) is 5.91 Å². The minimum absolute atomic E-state index is 0.118. The Morgan fingerprint density at radius 2 is 1.88 bits per heavy atom. The van der Waals surface area contributed by atoms with Gasteiger partial charge in [-0.25, -0.2) is 0 Å². The summed E-state index contributed by atoms with van der Waals surface area (Å²) in [4.78, 5) is 55.8. The third-order valence-electron chi connectivity index (χ3n) is 7.13. The van der Waals surface area contributed by atoms with Gasteiger partial charge in [-0.15, -0.1) is 0 Å². The van der Waals surface area contributed by atoms with Crippen molar-refractivity contribution in [3.8, 4) is 0 Å². The lowest BCUT2D eigenvalue weighted by Crippen LogP contribution is -2.52. The molecule has 1 aromatic rings. The number of benzene rings is 1. The SMILES string of the molecule is O=C1CCC(N2Cc3c(CN4CCC[C@@H]4C(=O)N4CCNCC4)cccc3C2=O)C(=O)N1. The smallest absolute Gasteiger partial charge is 0.255 e. The minimum atomic E-state index is -0.616. The standard InChI is InChI=1S/C23H29N5O4/c29-20-7-6-18(21(30)25-20)28-14-17-15(3-1-4-16(17)22(28)31)13-27-10-2-5-19(27)23(32)26-11-8-24-9-12-26/h1,3-4,18-19,24H,2,5-14H2,(H,25,29,30)/t18?,19-/m1/s1. The molecule has 0 aromatic heterocycles. The summed E-state index contributed by atoms with van der Waals surface area (Å²) in [7, 11) is 0. The van der Waals surface area contributed by atoms with Crippen molar-refractivity contribution in [2.24, 2.45) is 0 Å². The van der Waals surface area contributed by atoms with Crippen LogP contribution in [0.25, 0.3) is 0 Å². The number of nitrogens with one attached hydrogen (secondary N) is 2. The Kier molecular flexibility index (Phi) is 5.69. The van der Waals surface area contributed by atoms with Crippen LogP contribution in [0.2, 0.25) is 0 Å². The molecule has 4 aliphatic rings. The van der Waals surface area contributed by atoms with E-state index in [0.29, 0.717) is 25.1 Å². The molecule has 170 valence electrons. The van der Waals surface area contributed by atoms with Gasteiger partial charge >= 0.3 is 0 Å². The molecule has 3 saturated heterocycles. The van der Waals surface area contributed by atoms with Crippen LogP contribution >= 0.6 is 0 Å². The third kappa shape index (κ3) is 3.80. The molecule has 3 fully saturated rings. The molecule has 5 rings (SSSR count). The van der Waals surface area contributed by atoms with E-state index < -0.39 is 11.9 Å². The van der Waals surface area contributed by atoms with Crippen molar-refractivity contribution in [1.29, 1.82) is 0 Å². The molecule has 1 unspecified atom stereocenters. The van der Waals surface area contributed by atoms with Crippen LogP contribution in [0.1, 0.15) is 47.2 Å². The molecule has 32 heavy (non-hydrogen) atoms. The number of nitrogens with zero attached hydrogens (tertiary/aromatic N) is 3. The molecule has 4 heterocycles. The average molecular weight is 440 g/mol. The van der Waals surface area contributed by atoms with Crippen molar-refractivity contribution in [3.05, 3.63) is 34.9 Å². The lowest BCUT2D eigenvalue weighted by Gasteiger charge is -2.33. The molecule has 9 heteroatoms. The Hall–Kier alpha value is -2.78. The van der Waals surface area contributed by atoms with Gasteiger partial charge in [0.2, 0.25) is 17.7 Å². The molecule has 2 atom stereocenters. The highest BCUT2D eigenvalue weighted by molar-refractivity contribution is 6.05. The van der Waals surface area contributed by atoms with Crippen LogP contribution < -0.4 is 10.6 Å². The van der Waals surface area contributed by atoms with Gasteiger partial charge < -0.3 is 15.1 Å². The predicted molar refractivity (Wildman–Crippen MR) is 115 cm³/mol.